The van der Waals surface area contributed by atoms with Crippen molar-refractivity contribution in [1.82, 2.24) is 0 Å². The number of rotatable bonds is 8. The third-order valence-corrected chi connectivity index (χ3v) is 6.50. The van der Waals surface area contributed by atoms with Crippen LogP contribution in [0.1, 0.15) is 5.56 Å². The van der Waals surface area contributed by atoms with Gasteiger partial charge < -0.3 is 0 Å². The van der Waals surface area contributed by atoms with Gasteiger partial charge in [-0.15, -0.1) is 6.58 Å². The van der Waals surface area contributed by atoms with E-state index in [9.17, 15) is 16.8 Å². The van der Waals surface area contributed by atoms with E-state index in [0.29, 0.717) is 16.4 Å². The first-order chi connectivity index (χ1) is 9.35. The van der Waals surface area contributed by atoms with Crippen LogP contribution in [0.3, 0.4) is 0 Å². The molecule has 0 aliphatic carbocycles. The molecule has 0 aromatic heterocycles. The maximum absolute atomic E-state index is 11.8. The first kappa shape index (κ1) is 17.0. The fraction of sp³-hybridized carbons (Fsp3) is 0.231. The first-order valence-electron chi connectivity index (χ1n) is 5.76. The molecule has 0 heterocycles. The van der Waals surface area contributed by atoms with Crippen LogP contribution in [0.4, 0.5) is 0 Å². The maximum atomic E-state index is 11.8. The minimum atomic E-state index is -3.35. The van der Waals surface area contributed by atoms with Gasteiger partial charge in [-0.3, -0.25) is 0 Å². The summed E-state index contributed by atoms with van der Waals surface area (Å²) < 4.78 is 46.3. The van der Waals surface area contributed by atoms with E-state index in [1.165, 1.54) is 17.6 Å². The highest BCUT2D eigenvalue weighted by Gasteiger charge is 2.11. The molecule has 0 unspecified atom stereocenters. The Bertz CT molecular complexity index is 659. The molecule has 0 radical (unpaired) electrons. The lowest BCUT2D eigenvalue weighted by Gasteiger charge is -2.00. The quantitative estimate of drug-likeness (QED) is 0.540. The highest BCUT2D eigenvalue weighted by molar-refractivity contribution is 8.72. The third kappa shape index (κ3) is 6.93. The molecule has 0 bridgehead atoms. The highest BCUT2D eigenvalue weighted by atomic mass is 33.1. The monoisotopic (exact) mass is 332 g/mol. The van der Waals surface area contributed by atoms with Gasteiger partial charge in [0.15, 0.2) is 9.84 Å². The highest BCUT2D eigenvalue weighted by Crippen LogP contribution is 2.19. The standard InChI is InChI=1S/C13H16O4S3/c1-2-10-19(14,15)11-6-9-18-20(16,17)12-13-7-4-3-5-8-13/h2-9H,1,10-12H2/b9-6+. The summed E-state index contributed by atoms with van der Waals surface area (Å²) in [6.07, 6.45) is 2.65. The number of benzene rings is 1. The minimum Gasteiger partial charge on any atom is -0.228 e. The zero-order chi connectivity index (χ0) is 15.1. The summed E-state index contributed by atoms with van der Waals surface area (Å²) in [5.74, 6) is -0.381. The zero-order valence-electron chi connectivity index (χ0n) is 10.8. The Morgan fingerprint density at radius 3 is 2.30 bits per heavy atom. The SMILES string of the molecule is C=CCS(=O)(=O)C/C=C/SS(=O)(=O)Cc1ccccc1. The second-order valence-corrected chi connectivity index (χ2v) is 10.1. The van der Waals surface area contributed by atoms with Crippen molar-refractivity contribution in [3.05, 3.63) is 60.0 Å². The number of hydrogen-bond acceptors (Lipinski definition) is 5. The smallest absolute Gasteiger partial charge is 0.209 e. The fourth-order valence-corrected chi connectivity index (χ4v) is 4.75. The molecule has 0 saturated carbocycles. The second-order valence-electron chi connectivity index (χ2n) is 4.02. The van der Waals surface area contributed by atoms with Crippen molar-refractivity contribution in [3.8, 4) is 0 Å². The molecule has 7 heteroatoms. The Morgan fingerprint density at radius 1 is 1.05 bits per heavy atom. The molecule has 0 amide bonds. The molecular weight excluding hydrogens is 316 g/mol. The van der Waals surface area contributed by atoms with Crippen LogP contribution < -0.4 is 0 Å². The average molecular weight is 332 g/mol. The molecule has 0 fully saturated rings. The van der Waals surface area contributed by atoms with Crippen LogP contribution in [0.2, 0.25) is 0 Å². The Kier molecular flexibility index (Phi) is 6.51. The molecule has 0 spiro atoms. The molecule has 0 atom stereocenters. The van der Waals surface area contributed by atoms with Gasteiger partial charge in [0.05, 0.1) is 17.3 Å². The van der Waals surface area contributed by atoms with Crippen molar-refractivity contribution in [3.63, 3.8) is 0 Å². The minimum absolute atomic E-state index is 0.0811. The lowest BCUT2D eigenvalue weighted by Crippen LogP contribution is -2.06. The van der Waals surface area contributed by atoms with Crippen molar-refractivity contribution >= 4 is 29.5 Å². The predicted octanol–water partition coefficient (Wildman–Crippen LogP) is 2.36. The van der Waals surface area contributed by atoms with Crippen molar-refractivity contribution in [2.24, 2.45) is 0 Å². The Hall–Kier alpha value is -1.05. The first-order valence-corrected chi connectivity index (χ1v) is 10.6. The van der Waals surface area contributed by atoms with Crippen molar-refractivity contribution < 1.29 is 16.8 Å². The van der Waals surface area contributed by atoms with Crippen molar-refractivity contribution in [1.29, 1.82) is 0 Å². The van der Waals surface area contributed by atoms with Gasteiger partial charge in [0, 0.05) is 0 Å². The Labute approximate surface area is 123 Å². The van der Waals surface area contributed by atoms with Crippen LogP contribution in [-0.4, -0.2) is 28.3 Å². The molecular formula is C13H16O4S3. The predicted molar refractivity (Wildman–Crippen MR) is 84.6 cm³/mol. The maximum Gasteiger partial charge on any atom is 0.209 e. The van der Waals surface area contributed by atoms with Gasteiger partial charge in [-0.1, -0.05) is 42.5 Å². The second kappa shape index (κ2) is 7.66. The number of sulfone groups is 1. The fourth-order valence-electron chi connectivity index (χ4n) is 1.37. The molecule has 110 valence electrons. The lowest BCUT2D eigenvalue weighted by atomic mass is 10.2. The van der Waals surface area contributed by atoms with Crippen LogP contribution in [0, 0.1) is 0 Å². The van der Waals surface area contributed by atoms with E-state index < -0.39 is 18.7 Å². The summed E-state index contributed by atoms with van der Waals surface area (Å²) in [6, 6.07) is 8.82. The number of hydrogen-bond donors (Lipinski definition) is 0. The van der Waals surface area contributed by atoms with E-state index in [0.717, 1.165) is 0 Å². The van der Waals surface area contributed by atoms with E-state index in [1.54, 1.807) is 24.3 Å². The molecule has 1 aromatic carbocycles. The third-order valence-electron chi connectivity index (χ3n) is 2.21. The lowest BCUT2D eigenvalue weighted by molar-refractivity contribution is 0.601. The Morgan fingerprint density at radius 2 is 1.70 bits per heavy atom. The summed E-state index contributed by atoms with van der Waals surface area (Å²) in [5, 5.41) is 1.30. The normalized spacial score (nSPS) is 12.6. The summed E-state index contributed by atoms with van der Waals surface area (Å²) in [4.78, 5) is 0. The van der Waals surface area contributed by atoms with Crippen molar-refractivity contribution in [2.75, 3.05) is 11.5 Å². The molecule has 0 saturated heterocycles. The van der Waals surface area contributed by atoms with Crippen LogP contribution >= 0.6 is 10.8 Å². The van der Waals surface area contributed by atoms with E-state index >= 15 is 0 Å². The van der Waals surface area contributed by atoms with Crippen LogP contribution in [0.5, 0.6) is 0 Å². The van der Waals surface area contributed by atoms with Gasteiger partial charge in [-0.2, -0.15) is 0 Å². The zero-order valence-corrected chi connectivity index (χ0v) is 13.3. The summed E-state index contributed by atoms with van der Waals surface area (Å²) in [6.45, 7) is 3.36. The van der Waals surface area contributed by atoms with Gasteiger partial charge in [0.25, 0.3) is 0 Å². The van der Waals surface area contributed by atoms with Crippen molar-refractivity contribution in [2.45, 2.75) is 5.75 Å². The topological polar surface area (TPSA) is 68.3 Å². The molecule has 1 rings (SSSR count). The van der Waals surface area contributed by atoms with Gasteiger partial charge in [0.1, 0.15) is 0 Å². The van der Waals surface area contributed by atoms with E-state index in [1.807, 2.05) is 6.07 Å². The van der Waals surface area contributed by atoms with E-state index in [-0.39, 0.29) is 17.3 Å². The molecule has 4 nitrogen and oxygen atoms in total. The summed E-state index contributed by atoms with van der Waals surface area (Å²) >= 11 is 0. The largest absolute Gasteiger partial charge is 0.228 e. The van der Waals surface area contributed by atoms with E-state index in [4.69, 9.17) is 0 Å². The molecule has 20 heavy (non-hydrogen) atoms. The van der Waals surface area contributed by atoms with Crippen LogP contribution in [0.25, 0.3) is 0 Å². The average Bonchev–Trinajstić information content (AvgIpc) is 2.35. The van der Waals surface area contributed by atoms with Gasteiger partial charge in [-0.25, -0.2) is 16.8 Å². The molecule has 0 aliphatic rings. The molecule has 0 N–H and O–H groups in total. The summed E-state index contributed by atoms with van der Waals surface area (Å²) in [5.41, 5.74) is 0.702. The van der Waals surface area contributed by atoms with E-state index in [2.05, 4.69) is 6.58 Å². The Balaban J connectivity index is 2.54. The van der Waals surface area contributed by atoms with Gasteiger partial charge in [-0.05, 0) is 21.8 Å². The van der Waals surface area contributed by atoms with Crippen LogP contribution in [-0.2, 0) is 24.5 Å². The van der Waals surface area contributed by atoms with Gasteiger partial charge >= 0.3 is 0 Å². The summed E-state index contributed by atoms with van der Waals surface area (Å²) in [7, 11) is -5.94. The van der Waals surface area contributed by atoms with Crippen LogP contribution in [0.15, 0.2) is 54.5 Å². The molecule has 1 aromatic rings. The molecule has 0 aliphatic heterocycles. The van der Waals surface area contributed by atoms with Gasteiger partial charge in [0.2, 0.25) is 8.87 Å².